The largest absolute Gasteiger partial charge is 0.378 e. The van der Waals surface area contributed by atoms with E-state index in [4.69, 9.17) is 4.74 Å². The Bertz CT molecular complexity index is 782. The first kappa shape index (κ1) is 22.0. The van der Waals surface area contributed by atoms with Crippen molar-refractivity contribution in [2.45, 2.75) is 56.9 Å². The smallest absolute Gasteiger partial charge is 0.270 e. The summed E-state index contributed by atoms with van der Waals surface area (Å²) in [6.07, 6.45) is 9.61. The highest BCUT2D eigenvalue weighted by molar-refractivity contribution is 6.00. The molecule has 3 aliphatic rings. The Morgan fingerprint density at radius 3 is 2.39 bits per heavy atom. The number of nitrogens with zero attached hydrogens (tertiary/aromatic N) is 3. The highest BCUT2D eigenvalue weighted by Crippen LogP contribution is 2.35. The molecule has 2 aliphatic heterocycles. The minimum atomic E-state index is -0.434. The molecule has 1 aromatic rings. The van der Waals surface area contributed by atoms with Crippen molar-refractivity contribution in [1.29, 1.82) is 0 Å². The molecule has 2 heterocycles. The van der Waals surface area contributed by atoms with Crippen molar-refractivity contribution >= 4 is 17.3 Å². The number of benzene rings is 1. The van der Waals surface area contributed by atoms with Gasteiger partial charge in [0.15, 0.2) is 0 Å². The topological polar surface area (TPSA) is 88.0 Å². The number of nitro benzene ring substituents is 1. The van der Waals surface area contributed by atoms with Crippen LogP contribution in [-0.2, 0) is 4.74 Å². The van der Waals surface area contributed by atoms with Gasteiger partial charge in [-0.05, 0) is 44.8 Å². The molecule has 1 aromatic carbocycles. The van der Waals surface area contributed by atoms with Gasteiger partial charge in [-0.1, -0.05) is 25.7 Å². The fourth-order valence-electron chi connectivity index (χ4n) is 5.42. The average Bonchev–Trinajstić information content (AvgIpc) is 2.84. The Morgan fingerprint density at radius 1 is 1.03 bits per heavy atom. The zero-order valence-corrected chi connectivity index (χ0v) is 18.3. The summed E-state index contributed by atoms with van der Waals surface area (Å²) >= 11 is 0. The van der Waals surface area contributed by atoms with Crippen LogP contribution in [0, 0.1) is 10.1 Å². The highest BCUT2D eigenvalue weighted by Gasteiger charge is 2.38. The molecule has 1 aliphatic carbocycles. The van der Waals surface area contributed by atoms with Crippen LogP contribution < -0.4 is 10.2 Å². The number of morpholine rings is 1. The summed E-state index contributed by atoms with van der Waals surface area (Å²) in [4.78, 5) is 29.0. The van der Waals surface area contributed by atoms with E-state index in [-0.39, 0.29) is 17.1 Å². The van der Waals surface area contributed by atoms with Gasteiger partial charge in [-0.3, -0.25) is 19.8 Å². The average molecular weight is 431 g/mol. The summed E-state index contributed by atoms with van der Waals surface area (Å²) in [5.74, 6) is -0.216. The molecule has 0 aromatic heterocycles. The summed E-state index contributed by atoms with van der Waals surface area (Å²) in [5.41, 5.74) is 1.11. The second kappa shape index (κ2) is 9.96. The molecule has 0 bridgehead atoms. The number of anilines is 1. The summed E-state index contributed by atoms with van der Waals surface area (Å²) in [7, 11) is 0. The van der Waals surface area contributed by atoms with Crippen LogP contribution in [0.4, 0.5) is 11.4 Å². The van der Waals surface area contributed by atoms with Gasteiger partial charge < -0.3 is 15.0 Å². The van der Waals surface area contributed by atoms with E-state index in [1.165, 1.54) is 50.7 Å². The SMILES string of the molecule is O=C(NCC1(N2CCCCC2)CCCCC1)c1cc([N+](=O)[O-])ccc1N1CCOCC1. The van der Waals surface area contributed by atoms with Gasteiger partial charge in [0.25, 0.3) is 11.6 Å². The number of amides is 1. The van der Waals surface area contributed by atoms with Crippen LogP contribution in [0.3, 0.4) is 0 Å². The first-order valence-corrected chi connectivity index (χ1v) is 11.7. The van der Waals surface area contributed by atoms with E-state index in [1.807, 2.05) is 0 Å². The second-order valence-electron chi connectivity index (χ2n) is 9.07. The van der Waals surface area contributed by atoms with Crippen molar-refractivity contribution < 1.29 is 14.5 Å². The molecule has 0 radical (unpaired) electrons. The molecular weight excluding hydrogens is 396 g/mol. The van der Waals surface area contributed by atoms with Crippen molar-refractivity contribution in [1.82, 2.24) is 10.2 Å². The third-order valence-corrected chi connectivity index (χ3v) is 7.18. The molecule has 1 amide bonds. The molecule has 1 saturated carbocycles. The zero-order valence-electron chi connectivity index (χ0n) is 18.3. The van der Waals surface area contributed by atoms with Gasteiger partial charge in [-0.2, -0.15) is 0 Å². The number of carbonyl (C=O) groups is 1. The van der Waals surface area contributed by atoms with Crippen LogP contribution in [0.1, 0.15) is 61.7 Å². The molecule has 3 fully saturated rings. The van der Waals surface area contributed by atoms with Crippen molar-refractivity contribution in [3.05, 3.63) is 33.9 Å². The molecule has 8 heteroatoms. The number of carbonyl (C=O) groups excluding carboxylic acids is 1. The van der Waals surface area contributed by atoms with Gasteiger partial charge in [0, 0.05) is 37.3 Å². The maximum Gasteiger partial charge on any atom is 0.270 e. The van der Waals surface area contributed by atoms with E-state index >= 15 is 0 Å². The van der Waals surface area contributed by atoms with E-state index < -0.39 is 4.92 Å². The predicted molar refractivity (Wildman–Crippen MR) is 120 cm³/mol. The van der Waals surface area contributed by atoms with Crippen LogP contribution in [0.5, 0.6) is 0 Å². The number of non-ortho nitro benzene ring substituents is 1. The zero-order chi connectivity index (χ0) is 21.7. The molecule has 170 valence electrons. The normalized spacial score (nSPS) is 22.1. The molecule has 1 N–H and O–H groups in total. The fraction of sp³-hybridized carbons (Fsp3) is 0.696. The quantitative estimate of drug-likeness (QED) is 0.550. The Hall–Kier alpha value is -2.19. The lowest BCUT2D eigenvalue weighted by molar-refractivity contribution is -0.384. The van der Waals surface area contributed by atoms with Gasteiger partial charge in [0.2, 0.25) is 0 Å². The van der Waals surface area contributed by atoms with E-state index in [1.54, 1.807) is 6.07 Å². The Labute approximate surface area is 184 Å². The summed E-state index contributed by atoms with van der Waals surface area (Å²) in [6.45, 7) is 5.35. The highest BCUT2D eigenvalue weighted by atomic mass is 16.6. The summed E-state index contributed by atoms with van der Waals surface area (Å²) in [5, 5.41) is 14.6. The third kappa shape index (κ3) is 5.01. The van der Waals surface area contributed by atoms with Gasteiger partial charge in [0.1, 0.15) is 0 Å². The molecule has 8 nitrogen and oxygen atoms in total. The molecule has 2 saturated heterocycles. The van der Waals surface area contributed by atoms with Gasteiger partial charge >= 0.3 is 0 Å². The van der Waals surface area contributed by atoms with Crippen LogP contribution in [0.2, 0.25) is 0 Å². The van der Waals surface area contributed by atoms with Crippen LogP contribution in [0.25, 0.3) is 0 Å². The van der Waals surface area contributed by atoms with E-state index in [0.717, 1.165) is 31.6 Å². The lowest BCUT2D eigenvalue weighted by Crippen LogP contribution is -2.58. The van der Waals surface area contributed by atoms with Crippen LogP contribution >= 0.6 is 0 Å². The molecule has 0 unspecified atom stereocenters. The van der Waals surface area contributed by atoms with Crippen molar-refractivity contribution in [3.8, 4) is 0 Å². The number of hydrogen-bond donors (Lipinski definition) is 1. The fourth-order valence-corrected chi connectivity index (χ4v) is 5.42. The number of piperidine rings is 1. The Morgan fingerprint density at radius 2 is 1.71 bits per heavy atom. The number of ether oxygens (including phenoxy) is 1. The van der Waals surface area contributed by atoms with Crippen molar-refractivity contribution in [2.75, 3.05) is 50.8 Å². The number of likely N-dealkylation sites (tertiary alicyclic amines) is 1. The second-order valence-corrected chi connectivity index (χ2v) is 9.07. The van der Waals surface area contributed by atoms with E-state index in [9.17, 15) is 14.9 Å². The number of rotatable bonds is 6. The van der Waals surface area contributed by atoms with Gasteiger partial charge in [0.05, 0.1) is 29.4 Å². The third-order valence-electron chi connectivity index (χ3n) is 7.18. The van der Waals surface area contributed by atoms with Crippen molar-refractivity contribution in [3.63, 3.8) is 0 Å². The van der Waals surface area contributed by atoms with Gasteiger partial charge in [-0.15, -0.1) is 0 Å². The van der Waals surface area contributed by atoms with E-state index in [2.05, 4.69) is 15.1 Å². The lowest BCUT2D eigenvalue weighted by atomic mass is 9.79. The Balaban J connectivity index is 1.54. The minimum Gasteiger partial charge on any atom is -0.378 e. The lowest BCUT2D eigenvalue weighted by Gasteiger charge is -2.48. The molecule has 0 spiro atoms. The maximum atomic E-state index is 13.3. The summed E-state index contributed by atoms with van der Waals surface area (Å²) < 4.78 is 5.43. The number of hydrogen-bond acceptors (Lipinski definition) is 6. The minimum absolute atomic E-state index is 0.0220. The molecule has 0 atom stereocenters. The van der Waals surface area contributed by atoms with Crippen LogP contribution in [-0.4, -0.2) is 67.2 Å². The summed E-state index contributed by atoms with van der Waals surface area (Å²) in [6, 6.07) is 4.62. The molecule has 4 rings (SSSR count). The first-order chi connectivity index (χ1) is 15.1. The van der Waals surface area contributed by atoms with E-state index in [0.29, 0.717) is 38.4 Å². The molecular formula is C23H34N4O4. The number of nitrogens with one attached hydrogen (secondary N) is 1. The van der Waals surface area contributed by atoms with Crippen molar-refractivity contribution in [2.24, 2.45) is 0 Å². The van der Waals surface area contributed by atoms with Gasteiger partial charge in [-0.25, -0.2) is 0 Å². The first-order valence-electron chi connectivity index (χ1n) is 11.7. The Kier molecular flexibility index (Phi) is 7.07. The monoisotopic (exact) mass is 430 g/mol. The maximum absolute atomic E-state index is 13.3. The predicted octanol–water partition coefficient (Wildman–Crippen LogP) is 3.35. The van der Waals surface area contributed by atoms with Crippen LogP contribution in [0.15, 0.2) is 18.2 Å². The number of nitro groups is 1. The molecule has 31 heavy (non-hydrogen) atoms. The standard InChI is InChI=1S/C23H34N4O4/c28-22(24-18-23(9-3-1-4-10-23)26-11-5-2-6-12-26)20-17-19(27(29)30)7-8-21(20)25-13-15-31-16-14-25/h7-8,17H,1-6,9-16,18H2,(H,24,28).